The molecule has 5 nitrogen and oxygen atoms in total. The van der Waals surface area contributed by atoms with Crippen LogP contribution >= 0.6 is 0 Å². The van der Waals surface area contributed by atoms with Crippen LogP contribution < -0.4 is 10.1 Å². The van der Waals surface area contributed by atoms with Crippen LogP contribution in [0, 0.1) is 5.82 Å². The SMILES string of the molecule is O=C(COc1ccc(F)cc1)Nc1ccnn1C1CCCCC1. The van der Waals surface area contributed by atoms with Crippen LogP contribution in [0.15, 0.2) is 36.5 Å². The molecular weight excluding hydrogens is 297 g/mol. The number of carbonyl (C=O) groups is 1. The third-order valence-corrected chi connectivity index (χ3v) is 4.04. The van der Waals surface area contributed by atoms with Crippen molar-refractivity contribution in [2.75, 3.05) is 11.9 Å². The van der Waals surface area contributed by atoms with Crippen molar-refractivity contribution < 1.29 is 13.9 Å². The summed E-state index contributed by atoms with van der Waals surface area (Å²) in [6.07, 6.45) is 7.56. The van der Waals surface area contributed by atoms with Crippen molar-refractivity contribution >= 4 is 11.7 Å². The Morgan fingerprint density at radius 2 is 1.96 bits per heavy atom. The molecule has 1 saturated carbocycles. The minimum atomic E-state index is -0.335. The predicted molar refractivity (Wildman–Crippen MR) is 84.9 cm³/mol. The molecule has 1 fully saturated rings. The molecule has 6 heteroatoms. The van der Waals surface area contributed by atoms with E-state index in [1.165, 1.54) is 43.5 Å². The standard InChI is InChI=1S/C17H20FN3O2/c18-13-6-8-15(9-7-13)23-12-17(22)20-16-10-11-19-21(16)14-4-2-1-3-5-14/h6-11,14H,1-5,12H2,(H,20,22). The van der Waals surface area contributed by atoms with Gasteiger partial charge in [0.05, 0.1) is 12.2 Å². The molecule has 0 radical (unpaired) electrons. The summed E-state index contributed by atoms with van der Waals surface area (Å²) in [5.41, 5.74) is 0. The summed E-state index contributed by atoms with van der Waals surface area (Å²) in [4.78, 5) is 12.0. The van der Waals surface area contributed by atoms with E-state index in [0.29, 0.717) is 17.6 Å². The van der Waals surface area contributed by atoms with Crippen LogP contribution in [0.2, 0.25) is 0 Å². The Hall–Kier alpha value is -2.37. The molecule has 1 aliphatic carbocycles. The molecule has 0 aliphatic heterocycles. The van der Waals surface area contributed by atoms with Crippen molar-refractivity contribution in [3.05, 3.63) is 42.3 Å². The Balaban J connectivity index is 1.55. The summed E-state index contributed by atoms with van der Waals surface area (Å²) < 4.78 is 20.1. The first-order valence-corrected chi connectivity index (χ1v) is 7.94. The topological polar surface area (TPSA) is 56.1 Å². The zero-order valence-electron chi connectivity index (χ0n) is 12.9. The van der Waals surface area contributed by atoms with Crippen LogP contribution in [0.25, 0.3) is 0 Å². The van der Waals surface area contributed by atoms with Crippen LogP contribution in [-0.4, -0.2) is 22.3 Å². The lowest BCUT2D eigenvalue weighted by atomic mass is 9.96. The number of rotatable bonds is 5. The van der Waals surface area contributed by atoms with Gasteiger partial charge in [-0.25, -0.2) is 9.07 Å². The first-order chi connectivity index (χ1) is 11.2. The fourth-order valence-corrected chi connectivity index (χ4v) is 2.89. The fourth-order valence-electron chi connectivity index (χ4n) is 2.89. The lowest BCUT2D eigenvalue weighted by molar-refractivity contribution is -0.118. The van der Waals surface area contributed by atoms with E-state index >= 15 is 0 Å². The second-order valence-corrected chi connectivity index (χ2v) is 5.74. The third-order valence-electron chi connectivity index (χ3n) is 4.04. The molecule has 0 spiro atoms. The normalized spacial score (nSPS) is 15.3. The van der Waals surface area contributed by atoms with E-state index in [-0.39, 0.29) is 18.3 Å². The smallest absolute Gasteiger partial charge is 0.263 e. The Kier molecular flexibility index (Phi) is 4.90. The molecule has 1 aromatic heterocycles. The van der Waals surface area contributed by atoms with Gasteiger partial charge >= 0.3 is 0 Å². The number of aromatic nitrogens is 2. The molecule has 0 bridgehead atoms. The number of hydrogen-bond donors (Lipinski definition) is 1. The summed E-state index contributed by atoms with van der Waals surface area (Å²) >= 11 is 0. The van der Waals surface area contributed by atoms with Crippen molar-refractivity contribution in [3.8, 4) is 5.75 Å². The summed E-state index contributed by atoms with van der Waals surface area (Å²) in [6.45, 7) is -0.124. The number of benzene rings is 1. The average Bonchev–Trinajstić information content (AvgIpc) is 3.03. The van der Waals surface area contributed by atoms with Crippen LogP contribution in [0.4, 0.5) is 10.2 Å². The van der Waals surface area contributed by atoms with Gasteiger partial charge in [-0.05, 0) is 37.1 Å². The molecule has 0 atom stereocenters. The van der Waals surface area contributed by atoms with Crippen LogP contribution in [0.1, 0.15) is 38.1 Å². The molecule has 122 valence electrons. The number of carbonyl (C=O) groups excluding carboxylic acids is 1. The van der Waals surface area contributed by atoms with Crippen molar-refractivity contribution in [3.63, 3.8) is 0 Å². The van der Waals surface area contributed by atoms with Gasteiger partial charge in [0, 0.05) is 6.07 Å². The van der Waals surface area contributed by atoms with Gasteiger partial charge in [-0.3, -0.25) is 4.79 Å². The molecule has 1 amide bonds. The molecule has 2 aromatic rings. The molecule has 23 heavy (non-hydrogen) atoms. The zero-order chi connectivity index (χ0) is 16.1. The quantitative estimate of drug-likeness (QED) is 0.917. The Morgan fingerprint density at radius 3 is 2.70 bits per heavy atom. The molecule has 3 rings (SSSR count). The van der Waals surface area contributed by atoms with Crippen molar-refractivity contribution in [1.82, 2.24) is 9.78 Å². The Morgan fingerprint density at radius 1 is 1.22 bits per heavy atom. The number of hydrogen-bond acceptors (Lipinski definition) is 3. The highest BCUT2D eigenvalue weighted by atomic mass is 19.1. The van der Waals surface area contributed by atoms with E-state index in [0.717, 1.165) is 12.8 Å². The number of halogens is 1. The van der Waals surface area contributed by atoms with Gasteiger partial charge in [0.25, 0.3) is 5.91 Å². The first-order valence-electron chi connectivity index (χ1n) is 7.94. The minimum Gasteiger partial charge on any atom is -0.484 e. The summed E-state index contributed by atoms with van der Waals surface area (Å²) in [7, 11) is 0. The second kappa shape index (κ2) is 7.26. The maximum absolute atomic E-state index is 12.8. The average molecular weight is 317 g/mol. The number of anilines is 1. The summed E-state index contributed by atoms with van der Waals surface area (Å²) in [6, 6.07) is 7.73. The molecule has 1 N–H and O–H groups in total. The maximum atomic E-state index is 12.8. The number of nitrogens with zero attached hydrogens (tertiary/aromatic N) is 2. The molecule has 1 aromatic carbocycles. The monoisotopic (exact) mass is 317 g/mol. The second-order valence-electron chi connectivity index (χ2n) is 5.74. The predicted octanol–water partition coefficient (Wildman–Crippen LogP) is 3.54. The largest absolute Gasteiger partial charge is 0.484 e. The van der Waals surface area contributed by atoms with Gasteiger partial charge in [0.2, 0.25) is 0 Å². The third kappa shape index (κ3) is 4.09. The van der Waals surface area contributed by atoms with E-state index in [1.54, 1.807) is 12.3 Å². The van der Waals surface area contributed by atoms with Gasteiger partial charge in [-0.2, -0.15) is 5.10 Å². The summed E-state index contributed by atoms with van der Waals surface area (Å²) in [5, 5.41) is 7.17. The highest BCUT2D eigenvalue weighted by Crippen LogP contribution is 2.29. The number of amides is 1. The Bertz CT molecular complexity index is 648. The van der Waals surface area contributed by atoms with E-state index in [2.05, 4.69) is 10.4 Å². The highest BCUT2D eigenvalue weighted by molar-refractivity contribution is 5.91. The first kappa shape index (κ1) is 15.5. The zero-order valence-corrected chi connectivity index (χ0v) is 12.9. The summed E-state index contributed by atoms with van der Waals surface area (Å²) in [5.74, 6) is 0.567. The van der Waals surface area contributed by atoms with Crippen LogP contribution in [0.5, 0.6) is 5.75 Å². The van der Waals surface area contributed by atoms with E-state index in [4.69, 9.17) is 4.74 Å². The van der Waals surface area contributed by atoms with Gasteiger partial charge in [-0.1, -0.05) is 19.3 Å². The molecule has 1 aliphatic rings. The van der Waals surface area contributed by atoms with Crippen LogP contribution in [-0.2, 0) is 4.79 Å². The van der Waals surface area contributed by atoms with Crippen molar-refractivity contribution in [2.24, 2.45) is 0 Å². The van der Waals surface area contributed by atoms with Gasteiger partial charge < -0.3 is 10.1 Å². The molecule has 0 unspecified atom stereocenters. The Labute approximate surface area is 134 Å². The lowest BCUT2D eigenvalue weighted by Gasteiger charge is -2.23. The lowest BCUT2D eigenvalue weighted by Crippen LogP contribution is -2.24. The van der Waals surface area contributed by atoms with Gasteiger partial charge in [0.15, 0.2) is 6.61 Å². The van der Waals surface area contributed by atoms with E-state index in [1.807, 2.05) is 4.68 Å². The molecular formula is C17H20FN3O2. The van der Waals surface area contributed by atoms with Crippen molar-refractivity contribution in [2.45, 2.75) is 38.1 Å². The number of ether oxygens (including phenoxy) is 1. The van der Waals surface area contributed by atoms with Gasteiger partial charge in [0.1, 0.15) is 17.4 Å². The van der Waals surface area contributed by atoms with Gasteiger partial charge in [-0.15, -0.1) is 0 Å². The van der Waals surface area contributed by atoms with E-state index in [9.17, 15) is 9.18 Å². The number of nitrogens with one attached hydrogen (secondary N) is 1. The van der Waals surface area contributed by atoms with Crippen molar-refractivity contribution in [1.29, 1.82) is 0 Å². The highest BCUT2D eigenvalue weighted by Gasteiger charge is 2.19. The minimum absolute atomic E-state index is 0.124. The van der Waals surface area contributed by atoms with E-state index < -0.39 is 0 Å². The van der Waals surface area contributed by atoms with Crippen LogP contribution in [0.3, 0.4) is 0 Å². The fraction of sp³-hybridized carbons (Fsp3) is 0.412. The molecule has 0 saturated heterocycles. The maximum Gasteiger partial charge on any atom is 0.263 e. The molecule has 1 heterocycles.